The van der Waals surface area contributed by atoms with Gasteiger partial charge >= 0.3 is 0 Å². The smallest absolute Gasteiger partial charge is 0.153 e. The third-order valence-corrected chi connectivity index (χ3v) is 6.98. The van der Waals surface area contributed by atoms with Gasteiger partial charge in [0, 0.05) is 17.0 Å². The molecule has 0 aliphatic carbocycles. The van der Waals surface area contributed by atoms with E-state index in [0.717, 1.165) is 15.8 Å². The molecule has 19 heavy (non-hydrogen) atoms. The Kier molecular flexibility index (Phi) is 3.23. The van der Waals surface area contributed by atoms with Crippen molar-refractivity contribution in [2.45, 2.75) is 11.3 Å². The van der Waals surface area contributed by atoms with Crippen molar-refractivity contribution in [3.63, 3.8) is 0 Å². The molecule has 0 bridgehead atoms. The molecule has 1 aromatic carbocycles. The molecule has 2 aliphatic rings. The van der Waals surface area contributed by atoms with E-state index in [2.05, 4.69) is 0 Å². The largest absolute Gasteiger partial charge is 0.497 e. The van der Waals surface area contributed by atoms with Crippen molar-refractivity contribution < 1.29 is 13.2 Å². The third kappa shape index (κ3) is 2.34. The quantitative estimate of drug-likeness (QED) is 0.774. The fraction of sp³-hybridized carbons (Fsp3) is 0.417. The number of rotatable bonds is 2. The molecule has 2 saturated heterocycles. The first kappa shape index (κ1) is 13.2. The molecule has 7 heteroatoms. The van der Waals surface area contributed by atoms with Gasteiger partial charge in [-0.15, -0.1) is 0 Å². The lowest BCUT2D eigenvalue weighted by atomic mass is 10.2. The van der Waals surface area contributed by atoms with Gasteiger partial charge in [-0.25, -0.2) is 8.42 Å². The highest BCUT2D eigenvalue weighted by molar-refractivity contribution is 8.24. The van der Waals surface area contributed by atoms with Crippen molar-refractivity contribution in [2.75, 3.05) is 23.5 Å². The fourth-order valence-corrected chi connectivity index (χ4v) is 6.91. The molecular formula is C12H13NO3S3. The van der Waals surface area contributed by atoms with E-state index in [9.17, 15) is 8.42 Å². The Morgan fingerprint density at radius 1 is 1.42 bits per heavy atom. The van der Waals surface area contributed by atoms with Crippen LogP contribution in [0.15, 0.2) is 24.3 Å². The van der Waals surface area contributed by atoms with Gasteiger partial charge in [0.25, 0.3) is 0 Å². The lowest BCUT2D eigenvalue weighted by Gasteiger charge is -2.24. The highest BCUT2D eigenvalue weighted by Crippen LogP contribution is 2.41. The first-order valence-electron chi connectivity index (χ1n) is 5.84. The first-order valence-corrected chi connectivity index (χ1v) is 8.95. The summed E-state index contributed by atoms with van der Waals surface area (Å²) in [7, 11) is -1.33. The van der Waals surface area contributed by atoms with E-state index in [4.69, 9.17) is 17.0 Å². The number of hydrogen-bond donors (Lipinski definition) is 0. The number of fused-ring (bicyclic) bond motifs is 1. The summed E-state index contributed by atoms with van der Waals surface area (Å²) < 4.78 is 29.4. The van der Waals surface area contributed by atoms with Crippen molar-refractivity contribution in [1.29, 1.82) is 0 Å². The normalized spacial score (nSPS) is 28.5. The van der Waals surface area contributed by atoms with E-state index in [1.807, 2.05) is 29.2 Å². The van der Waals surface area contributed by atoms with Crippen LogP contribution in [0.25, 0.3) is 0 Å². The number of thioether (sulfide) groups is 1. The van der Waals surface area contributed by atoms with Crippen LogP contribution in [0.3, 0.4) is 0 Å². The van der Waals surface area contributed by atoms with Gasteiger partial charge in [0.1, 0.15) is 10.1 Å². The number of thiocarbonyl (C=S) groups is 1. The van der Waals surface area contributed by atoms with Crippen LogP contribution in [0, 0.1) is 0 Å². The van der Waals surface area contributed by atoms with E-state index in [0.29, 0.717) is 0 Å². The van der Waals surface area contributed by atoms with E-state index >= 15 is 0 Å². The molecule has 2 unspecified atom stereocenters. The third-order valence-electron chi connectivity index (χ3n) is 3.38. The van der Waals surface area contributed by atoms with Crippen LogP contribution in [0.4, 0.5) is 5.69 Å². The van der Waals surface area contributed by atoms with Crippen LogP contribution < -0.4 is 9.64 Å². The molecule has 0 saturated carbocycles. The minimum absolute atomic E-state index is 0.0467. The molecule has 0 N–H and O–H groups in total. The molecule has 0 aromatic heterocycles. The Bertz CT molecular complexity index is 629. The number of sulfone groups is 1. The Labute approximate surface area is 122 Å². The monoisotopic (exact) mass is 315 g/mol. The lowest BCUT2D eigenvalue weighted by Crippen LogP contribution is -2.36. The van der Waals surface area contributed by atoms with Crippen LogP contribution in [0.1, 0.15) is 0 Å². The van der Waals surface area contributed by atoms with Crippen LogP contribution in [0.2, 0.25) is 0 Å². The van der Waals surface area contributed by atoms with Crippen molar-refractivity contribution in [2.24, 2.45) is 0 Å². The molecule has 0 radical (unpaired) electrons. The van der Waals surface area contributed by atoms with E-state index in [1.165, 1.54) is 11.8 Å². The Morgan fingerprint density at radius 3 is 2.95 bits per heavy atom. The molecule has 0 amide bonds. The second-order valence-electron chi connectivity index (χ2n) is 4.64. The highest BCUT2D eigenvalue weighted by atomic mass is 32.2. The van der Waals surface area contributed by atoms with Crippen LogP contribution in [0.5, 0.6) is 5.75 Å². The van der Waals surface area contributed by atoms with Crippen molar-refractivity contribution in [1.82, 2.24) is 0 Å². The molecule has 0 spiro atoms. The molecule has 2 fully saturated rings. The Morgan fingerprint density at radius 2 is 2.21 bits per heavy atom. The molecule has 4 nitrogen and oxygen atoms in total. The first-order chi connectivity index (χ1) is 9.00. The minimum atomic E-state index is -2.94. The SMILES string of the molecule is COc1cccc(N2C(=S)SC3CS(=O)(=O)CC32)c1. The second kappa shape index (κ2) is 4.64. The predicted molar refractivity (Wildman–Crippen MR) is 81.9 cm³/mol. The van der Waals surface area contributed by atoms with Gasteiger partial charge in [0.05, 0.1) is 24.7 Å². The van der Waals surface area contributed by atoms with Crippen molar-refractivity contribution in [3.05, 3.63) is 24.3 Å². The van der Waals surface area contributed by atoms with Gasteiger partial charge in [-0.05, 0) is 12.1 Å². The Hall–Kier alpha value is -0.790. The summed E-state index contributed by atoms with van der Waals surface area (Å²) >= 11 is 6.88. The summed E-state index contributed by atoms with van der Waals surface area (Å²) in [6.07, 6.45) is 0. The van der Waals surface area contributed by atoms with Crippen LogP contribution >= 0.6 is 24.0 Å². The summed E-state index contributed by atoms with van der Waals surface area (Å²) in [6, 6.07) is 7.52. The summed E-state index contributed by atoms with van der Waals surface area (Å²) in [6.45, 7) is 0. The predicted octanol–water partition coefficient (Wildman–Crippen LogP) is 1.70. The van der Waals surface area contributed by atoms with Gasteiger partial charge in [-0.3, -0.25) is 0 Å². The topological polar surface area (TPSA) is 46.6 Å². The van der Waals surface area contributed by atoms with Crippen LogP contribution in [-0.2, 0) is 9.84 Å². The molecule has 2 heterocycles. The molecule has 102 valence electrons. The average molecular weight is 315 g/mol. The van der Waals surface area contributed by atoms with Gasteiger partial charge < -0.3 is 9.64 Å². The zero-order chi connectivity index (χ0) is 13.6. The fourth-order valence-electron chi connectivity index (χ4n) is 2.53. The van der Waals surface area contributed by atoms with Gasteiger partial charge in [0.15, 0.2) is 9.84 Å². The maximum absolute atomic E-state index is 11.7. The molecule has 1 aromatic rings. The Balaban J connectivity index is 1.97. The second-order valence-corrected chi connectivity index (χ2v) is 8.66. The molecule has 2 aliphatic heterocycles. The average Bonchev–Trinajstić information content (AvgIpc) is 2.79. The lowest BCUT2D eigenvalue weighted by molar-refractivity contribution is 0.415. The summed E-state index contributed by atoms with van der Waals surface area (Å²) in [5.41, 5.74) is 0.904. The number of methoxy groups -OCH3 is 1. The zero-order valence-corrected chi connectivity index (χ0v) is 12.7. The number of hydrogen-bond acceptors (Lipinski definition) is 5. The summed E-state index contributed by atoms with van der Waals surface area (Å²) in [5, 5.41) is 0.0590. The molecule has 2 atom stereocenters. The van der Waals surface area contributed by atoms with E-state index < -0.39 is 9.84 Å². The van der Waals surface area contributed by atoms with E-state index in [-0.39, 0.29) is 22.8 Å². The maximum Gasteiger partial charge on any atom is 0.153 e. The maximum atomic E-state index is 11.7. The standard InChI is InChI=1S/C12H13NO3S3/c1-16-9-4-2-3-8(5-9)13-10-6-19(14,15)7-11(10)18-12(13)17/h2-5,10-11H,6-7H2,1H3. The molecule has 3 rings (SSSR count). The number of nitrogens with zero attached hydrogens (tertiary/aromatic N) is 1. The van der Waals surface area contributed by atoms with Crippen LogP contribution in [-0.4, -0.2) is 42.6 Å². The van der Waals surface area contributed by atoms with Crippen molar-refractivity contribution >= 4 is 43.8 Å². The number of ether oxygens (including phenoxy) is 1. The van der Waals surface area contributed by atoms with E-state index in [1.54, 1.807) is 7.11 Å². The van der Waals surface area contributed by atoms with Crippen molar-refractivity contribution in [3.8, 4) is 5.75 Å². The zero-order valence-electron chi connectivity index (χ0n) is 10.3. The van der Waals surface area contributed by atoms with Gasteiger partial charge in [0.2, 0.25) is 0 Å². The van der Waals surface area contributed by atoms with Gasteiger partial charge in [-0.2, -0.15) is 0 Å². The highest BCUT2D eigenvalue weighted by Gasteiger charge is 2.48. The van der Waals surface area contributed by atoms with Gasteiger partial charge in [-0.1, -0.05) is 30.0 Å². The number of anilines is 1. The minimum Gasteiger partial charge on any atom is -0.497 e. The molecular weight excluding hydrogens is 302 g/mol. The number of benzene rings is 1. The summed E-state index contributed by atoms with van der Waals surface area (Å²) in [4.78, 5) is 1.96. The summed E-state index contributed by atoms with van der Waals surface area (Å²) in [5.74, 6) is 1.15.